The van der Waals surface area contributed by atoms with Gasteiger partial charge in [-0.15, -0.1) is 0 Å². The first kappa shape index (κ1) is 14.8. The minimum atomic E-state index is 0.107. The van der Waals surface area contributed by atoms with E-state index in [-0.39, 0.29) is 6.61 Å². The van der Waals surface area contributed by atoms with Gasteiger partial charge >= 0.3 is 0 Å². The van der Waals surface area contributed by atoms with Crippen LogP contribution in [0.25, 0.3) is 0 Å². The molecular formula is C11H26N2O2. The third-order valence-corrected chi connectivity index (χ3v) is 2.53. The average Bonchev–Trinajstić information content (AvgIpc) is 2.21. The number of nitrogens with one attached hydrogen (secondary N) is 1. The number of rotatable bonds is 10. The molecule has 4 N–H and O–H groups in total. The van der Waals surface area contributed by atoms with Gasteiger partial charge in [0.25, 0.3) is 0 Å². The molecule has 15 heavy (non-hydrogen) atoms. The number of hydrogen-bond donors (Lipinski definition) is 3. The molecule has 0 heterocycles. The van der Waals surface area contributed by atoms with Crippen LogP contribution in [0.3, 0.4) is 0 Å². The summed E-state index contributed by atoms with van der Waals surface area (Å²) in [6, 6.07) is 0. The van der Waals surface area contributed by atoms with E-state index >= 15 is 0 Å². The highest BCUT2D eigenvalue weighted by atomic mass is 16.5. The van der Waals surface area contributed by atoms with Crippen LogP contribution in [0.4, 0.5) is 0 Å². The van der Waals surface area contributed by atoms with Gasteiger partial charge in [0, 0.05) is 6.61 Å². The van der Waals surface area contributed by atoms with Crippen LogP contribution in [0.5, 0.6) is 0 Å². The molecule has 0 spiro atoms. The van der Waals surface area contributed by atoms with Gasteiger partial charge in [0.2, 0.25) is 0 Å². The van der Waals surface area contributed by atoms with Crippen LogP contribution in [0.15, 0.2) is 0 Å². The van der Waals surface area contributed by atoms with Gasteiger partial charge < -0.3 is 20.9 Å². The summed E-state index contributed by atoms with van der Waals surface area (Å²) in [5.41, 5.74) is 5.66. The van der Waals surface area contributed by atoms with Crippen molar-refractivity contribution in [2.45, 2.75) is 20.3 Å². The van der Waals surface area contributed by atoms with E-state index in [4.69, 9.17) is 15.6 Å². The molecule has 0 aliphatic rings. The Bertz CT molecular complexity index is 132. The minimum absolute atomic E-state index is 0.107. The van der Waals surface area contributed by atoms with Crippen molar-refractivity contribution in [3.05, 3.63) is 0 Å². The molecule has 0 radical (unpaired) electrons. The van der Waals surface area contributed by atoms with E-state index in [0.29, 0.717) is 25.0 Å². The number of hydrogen-bond acceptors (Lipinski definition) is 4. The normalized spacial score (nSPS) is 13.4. The van der Waals surface area contributed by atoms with Gasteiger partial charge in [0.1, 0.15) is 0 Å². The van der Waals surface area contributed by atoms with E-state index in [9.17, 15) is 0 Å². The van der Waals surface area contributed by atoms with Gasteiger partial charge in [0.15, 0.2) is 0 Å². The maximum absolute atomic E-state index is 8.48. The first-order valence-electron chi connectivity index (χ1n) is 5.81. The average molecular weight is 218 g/mol. The largest absolute Gasteiger partial charge is 0.394 e. The summed E-state index contributed by atoms with van der Waals surface area (Å²) in [5.74, 6) is 1.19. The Morgan fingerprint density at radius 1 is 1.33 bits per heavy atom. The molecular weight excluding hydrogens is 192 g/mol. The van der Waals surface area contributed by atoms with Crippen molar-refractivity contribution in [3.63, 3.8) is 0 Å². The zero-order valence-electron chi connectivity index (χ0n) is 10.0. The van der Waals surface area contributed by atoms with Crippen molar-refractivity contribution in [1.29, 1.82) is 0 Å². The smallest absolute Gasteiger partial charge is 0.0697 e. The number of aliphatic hydroxyl groups is 1. The Kier molecular flexibility index (Phi) is 10.3. The highest BCUT2D eigenvalue weighted by molar-refractivity contribution is 4.66. The Labute approximate surface area is 93.2 Å². The van der Waals surface area contributed by atoms with Crippen molar-refractivity contribution < 1.29 is 9.84 Å². The SMILES string of the molecule is CC(C)C(CN)CNCCCOCCO. The standard InChI is InChI=1S/C11H26N2O2/c1-10(2)11(8-12)9-13-4-3-6-15-7-5-14/h10-11,13-14H,3-9,12H2,1-2H3. The molecule has 0 aromatic rings. The summed E-state index contributed by atoms with van der Waals surface area (Å²) >= 11 is 0. The molecule has 0 rings (SSSR count). The van der Waals surface area contributed by atoms with Gasteiger partial charge in [0.05, 0.1) is 13.2 Å². The highest BCUT2D eigenvalue weighted by Gasteiger charge is 2.09. The molecule has 0 aromatic heterocycles. The van der Waals surface area contributed by atoms with Crippen molar-refractivity contribution in [3.8, 4) is 0 Å². The molecule has 0 bridgehead atoms. The van der Waals surface area contributed by atoms with E-state index in [0.717, 1.165) is 26.1 Å². The fourth-order valence-electron chi connectivity index (χ4n) is 1.34. The van der Waals surface area contributed by atoms with Crippen LogP contribution in [0.2, 0.25) is 0 Å². The fraction of sp³-hybridized carbons (Fsp3) is 1.00. The molecule has 0 saturated carbocycles. The lowest BCUT2D eigenvalue weighted by Gasteiger charge is -2.19. The van der Waals surface area contributed by atoms with E-state index < -0.39 is 0 Å². The van der Waals surface area contributed by atoms with Crippen molar-refractivity contribution in [1.82, 2.24) is 5.32 Å². The third-order valence-electron chi connectivity index (χ3n) is 2.53. The van der Waals surface area contributed by atoms with Gasteiger partial charge in [-0.25, -0.2) is 0 Å². The van der Waals surface area contributed by atoms with Crippen molar-refractivity contribution in [2.75, 3.05) is 39.5 Å². The van der Waals surface area contributed by atoms with E-state index in [1.54, 1.807) is 0 Å². The molecule has 0 aromatic carbocycles. The first-order chi connectivity index (χ1) is 7.22. The fourth-order valence-corrected chi connectivity index (χ4v) is 1.34. The summed E-state index contributed by atoms with van der Waals surface area (Å²) in [6.07, 6.45) is 0.982. The lowest BCUT2D eigenvalue weighted by molar-refractivity contribution is 0.0905. The maximum atomic E-state index is 8.48. The van der Waals surface area contributed by atoms with Gasteiger partial charge in [-0.05, 0) is 37.9 Å². The summed E-state index contributed by atoms with van der Waals surface area (Å²) in [6.45, 7) is 8.33. The topological polar surface area (TPSA) is 67.5 Å². The van der Waals surface area contributed by atoms with Crippen LogP contribution in [-0.4, -0.2) is 44.6 Å². The quantitative estimate of drug-likeness (QED) is 0.458. The molecule has 0 amide bonds. The molecule has 0 aliphatic carbocycles. The second-order valence-electron chi connectivity index (χ2n) is 4.13. The van der Waals surface area contributed by atoms with Crippen LogP contribution in [-0.2, 0) is 4.74 Å². The second-order valence-corrected chi connectivity index (χ2v) is 4.13. The minimum Gasteiger partial charge on any atom is -0.394 e. The number of aliphatic hydroxyl groups excluding tert-OH is 1. The lowest BCUT2D eigenvalue weighted by Crippen LogP contribution is -2.32. The predicted molar refractivity (Wildman–Crippen MR) is 62.8 cm³/mol. The van der Waals surface area contributed by atoms with Crippen LogP contribution >= 0.6 is 0 Å². The maximum Gasteiger partial charge on any atom is 0.0697 e. The first-order valence-corrected chi connectivity index (χ1v) is 5.81. The molecule has 4 nitrogen and oxygen atoms in total. The predicted octanol–water partition coefficient (Wildman–Crippen LogP) is 0.206. The van der Waals surface area contributed by atoms with Crippen molar-refractivity contribution in [2.24, 2.45) is 17.6 Å². The van der Waals surface area contributed by atoms with Crippen LogP contribution in [0.1, 0.15) is 20.3 Å². The summed E-state index contributed by atoms with van der Waals surface area (Å²) in [5, 5.41) is 11.9. The molecule has 1 unspecified atom stereocenters. The second kappa shape index (κ2) is 10.4. The molecule has 0 fully saturated rings. The molecule has 4 heteroatoms. The van der Waals surface area contributed by atoms with Gasteiger partial charge in [-0.3, -0.25) is 0 Å². The summed E-state index contributed by atoms with van der Waals surface area (Å²) in [7, 11) is 0. The Balaban J connectivity index is 3.22. The highest BCUT2D eigenvalue weighted by Crippen LogP contribution is 2.06. The zero-order chi connectivity index (χ0) is 11.5. The Morgan fingerprint density at radius 3 is 2.60 bits per heavy atom. The monoisotopic (exact) mass is 218 g/mol. The third kappa shape index (κ3) is 8.81. The Morgan fingerprint density at radius 2 is 2.07 bits per heavy atom. The van der Waals surface area contributed by atoms with E-state index in [1.165, 1.54) is 0 Å². The summed E-state index contributed by atoms with van der Waals surface area (Å²) in [4.78, 5) is 0. The lowest BCUT2D eigenvalue weighted by atomic mass is 9.96. The molecule has 1 atom stereocenters. The van der Waals surface area contributed by atoms with E-state index in [1.807, 2.05) is 0 Å². The zero-order valence-corrected chi connectivity index (χ0v) is 10.0. The summed E-state index contributed by atoms with van der Waals surface area (Å²) < 4.78 is 5.15. The molecule has 0 saturated heterocycles. The van der Waals surface area contributed by atoms with Gasteiger partial charge in [-0.2, -0.15) is 0 Å². The van der Waals surface area contributed by atoms with Gasteiger partial charge in [-0.1, -0.05) is 13.8 Å². The van der Waals surface area contributed by atoms with E-state index in [2.05, 4.69) is 19.2 Å². The molecule has 0 aliphatic heterocycles. The van der Waals surface area contributed by atoms with Crippen molar-refractivity contribution >= 4 is 0 Å². The Hall–Kier alpha value is -0.160. The number of ether oxygens (including phenoxy) is 1. The molecule has 92 valence electrons. The van der Waals surface area contributed by atoms with Crippen LogP contribution < -0.4 is 11.1 Å². The number of nitrogens with two attached hydrogens (primary N) is 1. The van der Waals surface area contributed by atoms with Crippen LogP contribution in [0, 0.1) is 11.8 Å².